The summed E-state index contributed by atoms with van der Waals surface area (Å²) >= 11 is 0. The van der Waals surface area contributed by atoms with Gasteiger partial charge in [0.15, 0.2) is 0 Å². The lowest BCUT2D eigenvalue weighted by molar-refractivity contribution is -0.117. The van der Waals surface area contributed by atoms with Gasteiger partial charge in [-0.2, -0.15) is 0 Å². The van der Waals surface area contributed by atoms with E-state index in [1.165, 1.54) is 6.42 Å². The van der Waals surface area contributed by atoms with Gasteiger partial charge in [0, 0.05) is 38.6 Å². The Hall–Kier alpha value is -0.410. The second-order valence-corrected chi connectivity index (χ2v) is 5.03. The smallest absolute Gasteiger partial charge is 0.131 e. The number of hydrogen-bond donors (Lipinski definition) is 1. The van der Waals surface area contributed by atoms with Crippen LogP contribution in [0.1, 0.15) is 33.6 Å². The van der Waals surface area contributed by atoms with Crippen LogP contribution in [0.2, 0.25) is 0 Å². The number of nitrogens with zero attached hydrogens (tertiary/aromatic N) is 1. The average molecular weight is 212 g/mol. The van der Waals surface area contributed by atoms with Gasteiger partial charge in [0.1, 0.15) is 5.78 Å². The van der Waals surface area contributed by atoms with Crippen LogP contribution in [0.5, 0.6) is 0 Å². The summed E-state index contributed by atoms with van der Waals surface area (Å²) in [4.78, 5) is 13.3. The molecule has 15 heavy (non-hydrogen) atoms. The maximum Gasteiger partial charge on any atom is 0.131 e. The van der Waals surface area contributed by atoms with Crippen molar-refractivity contribution in [1.82, 2.24) is 10.2 Å². The highest BCUT2D eigenvalue weighted by Gasteiger charge is 2.19. The molecule has 1 N–H and O–H groups in total. The summed E-state index contributed by atoms with van der Waals surface area (Å²) < 4.78 is 0. The van der Waals surface area contributed by atoms with Crippen molar-refractivity contribution in [3.05, 3.63) is 0 Å². The van der Waals surface area contributed by atoms with Gasteiger partial charge in [-0.15, -0.1) is 0 Å². The molecule has 0 aromatic heterocycles. The lowest BCUT2D eigenvalue weighted by Crippen LogP contribution is -2.51. The fourth-order valence-electron chi connectivity index (χ4n) is 2.14. The summed E-state index contributed by atoms with van der Waals surface area (Å²) in [5.41, 5.74) is 0. The zero-order valence-electron chi connectivity index (χ0n) is 10.3. The first-order valence-corrected chi connectivity index (χ1v) is 6.03. The molecule has 1 heterocycles. The van der Waals surface area contributed by atoms with Gasteiger partial charge >= 0.3 is 0 Å². The van der Waals surface area contributed by atoms with Crippen molar-refractivity contribution < 1.29 is 4.79 Å². The summed E-state index contributed by atoms with van der Waals surface area (Å²) in [7, 11) is 0. The van der Waals surface area contributed by atoms with Crippen LogP contribution in [0.25, 0.3) is 0 Å². The molecule has 1 rings (SSSR count). The SMILES string of the molecule is CC(=O)CCN1CCNC(CC(C)C)C1. The highest BCUT2D eigenvalue weighted by molar-refractivity contribution is 5.75. The minimum atomic E-state index is 0.300. The molecule has 1 fully saturated rings. The zero-order chi connectivity index (χ0) is 11.3. The number of nitrogens with one attached hydrogen (secondary N) is 1. The molecule has 0 saturated carbocycles. The van der Waals surface area contributed by atoms with Gasteiger partial charge in [0.2, 0.25) is 0 Å². The number of carbonyl (C=O) groups excluding carboxylic acids is 1. The average Bonchev–Trinajstić information content (AvgIpc) is 2.14. The van der Waals surface area contributed by atoms with E-state index in [1.54, 1.807) is 6.92 Å². The minimum Gasteiger partial charge on any atom is -0.311 e. The van der Waals surface area contributed by atoms with Crippen LogP contribution in [0.4, 0.5) is 0 Å². The van der Waals surface area contributed by atoms with E-state index in [2.05, 4.69) is 24.1 Å². The summed E-state index contributed by atoms with van der Waals surface area (Å²) in [5.74, 6) is 1.05. The molecule has 0 aromatic rings. The van der Waals surface area contributed by atoms with Crippen LogP contribution >= 0.6 is 0 Å². The highest BCUT2D eigenvalue weighted by Crippen LogP contribution is 2.09. The zero-order valence-corrected chi connectivity index (χ0v) is 10.3. The van der Waals surface area contributed by atoms with Gasteiger partial charge in [0.05, 0.1) is 0 Å². The number of carbonyl (C=O) groups is 1. The van der Waals surface area contributed by atoms with Crippen molar-refractivity contribution in [3.63, 3.8) is 0 Å². The first-order valence-electron chi connectivity index (χ1n) is 6.03. The van der Waals surface area contributed by atoms with Crippen molar-refractivity contribution in [2.24, 2.45) is 5.92 Å². The van der Waals surface area contributed by atoms with Crippen molar-refractivity contribution in [2.75, 3.05) is 26.2 Å². The van der Waals surface area contributed by atoms with E-state index in [9.17, 15) is 4.79 Å². The molecule has 0 amide bonds. The van der Waals surface area contributed by atoms with Gasteiger partial charge in [-0.1, -0.05) is 13.8 Å². The minimum absolute atomic E-state index is 0.300. The van der Waals surface area contributed by atoms with E-state index in [0.717, 1.165) is 32.1 Å². The Kier molecular flexibility index (Phi) is 5.26. The largest absolute Gasteiger partial charge is 0.311 e. The second kappa shape index (κ2) is 6.23. The van der Waals surface area contributed by atoms with Gasteiger partial charge in [0.25, 0.3) is 0 Å². The Bertz CT molecular complexity index is 204. The number of piperazine rings is 1. The molecule has 1 aliphatic rings. The summed E-state index contributed by atoms with van der Waals surface area (Å²) in [6.45, 7) is 10.4. The predicted octanol–water partition coefficient (Wildman–Crippen LogP) is 1.29. The molecule has 1 unspecified atom stereocenters. The summed E-state index contributed by atoms with van der Waals surface area (Å²) in [5, 5.41) is 3.54. The van der Waals surface area contributed by atoms with E-state index in [0.29, 0.717) is 18.2 Å². The molecule has 0 radical (unpaired) electrons. The third-order valence-electron chi connectivity index (χ3n) is 2.88. The number of hydrogen-bond acceptors (Lipinski definition) is 3. The predicted molar refractivity (Wildman–Crippen MR) is 63.0 cm³/mol. The molecule has 1 saturated heterocycles. The van der Waals surface area contributed by atoms with Gasteiger partial charge in [-0.25, -0.2) is 0 Å². The van der Waals surface area contributed by atoms with E-state index in [4.69, 9.17) is 0 Å². The lowest BCUT2D eigenvalue weighted by atomic mass is 10.0. The quantitative estimate of drug-likeness (QED) is 0.745. The maximum atomic E-state index is 10.9. The Morgan fingerprint density at radius 2 is 2.27 bits per heavy atom. The first kappa shape index (κ1) is 12.7. The Balaban J connectivity index is 2.25. The molecular formula is C12H24N2O. The maximum absolute atomic E-state index is 10.9. The standard InChI is InChI=1S/C12H24N2O/c1-10(2)8-12-9-14(7-5-13-12)6-4-11(3)15/h10,12-13H,4-9H2,1-3H3. The Labute approximate surface area is 93.2 Å². The molecule has 0 aliphatic carbocycles. The van der Waals surface area contributed by atoms with Gasteiger partial charge in [-0.3, -0.25) is 4.79 Å². The van der Waals surface area contributed by atoms with Crippen LogP contribution in [-0.2, 0) is 4.79 Å². The van der Waals surface area contributed by atoms with E-state index in [1.807, 2.05) is 0 Å². The molecule has 88 valence electrons. The molecular weight excluding hydrogens is 188 g/mol. The lowest BCUT2D eigenvalue weighted by Gasteiger charge is -2.34. The van der Waals surface area contributed by atoms with Crippen LogP contribution in [-0.4, -0.2) is 42.9 Å². The first-order chi connectivity index (χ1) is 7.08. The third kappa shape index (κ3) is 5.28. The van der Waals surface area contributed by atoms with Crippen molar-refractivity contribution in [3.8, 4) is 0 Å². The molecule has 0 aromatic carbocycles. The van der Waals surface area contributed by atoms with E-state index >= 15 is 0 Å². The van der Waals surface area contributed by atoms with Crippen LogP contribution in [0, 0.1) is 5.92 Å². The van der Waals surface area contributed by atoms with Gasteiger partial charge < -0.3 is 10.2 Å². The second-order valence-electron chi connectivity index (χ2n) is 5.03. The molecule has 1 atom stereocenters. The highest BCUT2D eigenvalue weighted by atomic mass is 16.1. The third-order valence-corrected chi connectivity index (χ3v) is 2.88. The Morgan fingerprint density at radius 1 is 1.53 bits per heavy atom. The summed E-state index contributed by atoms with van der Waals surface area (Å²) in [6.07, 6.45) is 1.94. The Morgan fingerprint density at radius 3 is 2.87 bits per heavy atom. The topological polar surface area (TPSA) is 32.3 Å². The monoisotopic (exact) mass is 212 g/mol. The summed E-state index contributed by atoms with van der Waals surface area (Å²) in [6, 6.07) is 0.616. The van der Waals surface area contributed by atoms with Crippen LogP contribution in [0.15, 0.2) is 0 Å². The van der Waals surface area contributed by atoms with E-state index in [-0.39, 0.29) is 0 Å². The normalized spacial score (nSPS) is 23.3. The number of Topliss-reactive ketones (excluding diaryl/α,β-unsaturated/α-hetero) is 1. The fourth-order valence-corrected chi connectivity index (χ4v) is 2.14. The van der Waals surface area contributed by atoms with Gasteiger partial charge in [-0.05, 0) is 19.3 Å². The molecule has 3 heteroatoms. The molecule has 1 aliphatic heterocycles. The molecule has 3 nitrogen and oxygen atoms in total. The fraction of sp³-hybridized carbons (Fsp3) is 0.917. The van der Waals surface area contributed by atoms with Crippen molar-refractivity contribution in [2.45, 2.75) is 39.7 Å². The number of ketones is 1. The van der Waals surface area contributed by atoms with E-state index < -0.39 is 0 Å². The van der Waals surface area contributed by atoms with Crippen molar-refractivity contribution >= 4 is 5.78 Å². The number of rotatable bonds is 5. The van der Waals surface area contributed by atoms with Crippen LogP contribution < -0.4 is 5.32 Å². The molecule has 0 bridgehead atoms. The van der Waals surface area contributed by atoms with Crippen molar-refractivity contribution in [1.29, 1.82) is 0 Å². The van der Waals surface area contributed by atoms with Crippen LogP contribution in [0.3, 0.4) is 0 Å². The molecule has 0 spiro atoms.